The number of hydrogen-bond acceptors (Lipinski definition) is 5. The minimum atomic E-state index is -0.491. The van der Waals surface area contributed by atoms with Gasteiger partial charge in [0.1, 0.15) is 10.8 Å². The maximum absolute atomic E-state index is 13.6. The second-order valence-electron chi connectivity index (χ2n) is 6.28. The first-order valence-corrected chi connectivity index (χ1v) is 9.57. The van der Waals surface area contributed by atoms with Crippen molar-refractivity contribution in [1.29, 1.82) is 0 Å². The van der Waals surface area contributed by atoms with Crippen molar-refractivity contribution in [2.75, 3.05) is 18.4 Å². The Hall–Kier alpha value is -2.35. The van der Waals surface area contributed by atoms with Gasteiger partial charge in [-0.2, -0.15) is 0 Å². The lowest BCUT2D eigenvalue weighted by molar-refractivity contribution is -0.132. The summed E-state index contributed by atoms with van der Waals surface area (Å²) in [5.74, 6) is -0.550. The third-order valence-electron chi connectivity index (χ3n) is 4.42. The molecule has 138 valence electrons. The molecule has 1 fully saturated rings. The molecule has 0 bridgehead atoms. The molecule has 0 radical (unpaired) electrons. The molecule has 3 rings (SSSR count). The van der Waals surface area contributed by atoms with Crippen LogP contribution < -0.4 is 5.32 Å². The van der Waals surface area contributed by atoms with Gasteiger partial charge < -0.3 is 10.2 Å². The zero-order chi connectivity index (χ0) is 18.5. The van der Waals surface area contributed by atoms with Crippen LogP contribution in [0.2, 0.25) is 0 Å². The molecule has 0 atom stereocenters. The van der Waals surface area contributed by atoms with Gasteiger partial charge in [0.2, 0.25) is 10.9 Å². The number of halogens is 1. The van der Waals surface area contributed by atoms with E-state index in [0.29, 0.717) is 19.5 Å². The lowest BCUT2D eigenvalue weighted by atomic mass is 9.97. The first-order valence-electron chi connectivity index (χ1n) is 8.75. The number of nitrogens with zero attached hydrogens (tertiary/aromatic N) is 3. The first-order chi connectivity index (χ1) is 12.6. The highest BCUT2D eigenvalue weighted by Crippen LogP contribution is 2.30. The van der Waals surface area contributed by atoms with Crippen LogP contribution in [0, 0.1) is 5.82 Å². The van der Waals surface area contributed by atoms with Crippen molar-refractivity contribution in [3.63, 3.8) is 0 Å². The fraction of sp³-hybridized carbons (Fsp3) is 0.444. The zero-order valence-corrected chi connectivity index (χ0v) is 15.4. The number of hydrogen-bond donors (Lipinski definition) is 1. The Kier molecular flexibility index (Phi) is 5.92. The summed E-state index contributed by atoms with van der Waals surface area (Å²) in [4.78, 5) is 26.1. The molecule has 0 spiro atoms. The van der Waals surface area contributed by atoms with Crippen LogP contribution in [-0.4, -0.2) is 40.0 Å². The maximum atomic E-state index is 13.6. The number of amides is 2. The number of carbonyl (C=O) groups is 2. The van der Waals surface area contributed by atoms with Crippen LogP contribution in [0.5, 0.6) is 0 Å². The molecule has 0 saturated carbocycles. The summed E-state index contributed by atoms with van der Waals surface area (Å²) in [6, 6.07) is 6.00. The first kappa shape index (κ1) is 18.4. The molecular formula is C18H21FN4O2S. The Labute approximate surface area is 155 Å². The number of nitrogens with one attached hydrogen (secondary N) is 1. The summed E-state index contributed by atoms with van der Waals surface area (Å²) < 4.78 is 13.6. The van der Waals surface area contributed by atoms with Crippen molar-refractivity contribution in [3.05, 3.63) is 40.1 Å². The van der Waals surface area contributed by atoms with Crippen LogP contribution in [0.25, 0.3) is 0 Å². The topological polar surface area (TPSA) is 75.2 Å². The zero-order valence-electron chi connectivity index (χ0n) is 14.6. The average molecular weight is 376 g/mol. The second kappa shape index (κ2) is 8.35. The summed E-state index contributed by atoms with van der Waals surface area (Å²) >= 11 is 1.23. The lowest BCUT2D eigenvalue weighted by Crippen LogP contribution is -2.37. The van der Waals surface area contributed by atoms with E-state index < -0.39 is 11.7 Å². The molecule has 2 amide bonds. The van der Waals surface area contributed by atoms with E-state index in [1.807, 2.05) is 11.8 Å². The number of aromatic nitrogens is 2. The molecule has 1 aliphatic heterocycles. The van der Waals surface area contributed by atoms with Gasteiger partial charge in [0.25, 0.3) is 5.91 Å². The van der Waals surface area contributed by atoms with Gasteiger partial charge in [-0.25, -0.2) is 4.39 Å². The molecular weight excluding hydrogens is 355 g/mol. The van der Waals surface area contributed by atoms with Gasteiger partial charge in [0.05, 0.1) is 5.69 Å². The molecule has 0 aliphatic carbocycles. The predicted molar refractivity (Wildman–Crippen MR) is 97.7 cm³/mol. The Morgan fingerprint density at radius 2 is 2.00 bits per heavy atom. The molecule has 1 saturated heterocycles. The van der Waals surface area contributed by atoms with Crippen LogP contribution in [-0.2, 0) is 4.79 Å². The van der Waals surface area contributed by atoms with Gasteiger partial charge in [0, 0.05) is 25.4 Å². The van der Waals surface area contributed by atoms with E-state index in [1.165, 1.54) is 23.5 Å². The van der Waals surface area contributed by atoms with E-state index in [9.17, 15) is 14.0 Å². The monoisotopic (exact) mass is 376 g/mol. The number of piperidine rings is 1. The lowest BCUT2D eigenvalue weighted by Gasteiger charge is -2.30. The van der Waals surface area contributed by atoms with E-state index in [4.69, 9.17) is 0 Å². The van der Waals surface area contributed by atoms with Gasteiger partial charge in [-0.05, 0) is 31.4 Å². The van der Waals surface area contributed by atoms with Crippen molar-refractivity contribution >= 4 is 28.8 Å². The van der Waals surface area contributed by atoms with Crippen LogP contribution in [0.4, 0.5) is 10.1 Å². The third kappa shape index (κ3) is 4.24. The van der Waals surface area contributed by atoms with Gasteiger partial charge in [0.15, 0.2) is 0 Å². The van der Waals surface area contributed by atoms with E-state index in [1.54, 1.807) is 12.1 Å². The van der Waals surface area contributed by atoms with E-state index in [0.717, 1.165) is 24.3 Å². The highest BCUT2D eigenvalue weighted by Gasteiger charge is 2.26. The summed E-state index contributed by atoms with van der Waals surface area (Å²) in [6.45, 7) is 3.42. The number of rotatable bonds is 5. The van der Waals surface area contributed by atoms with Gasteiger partial charge in [-0.3, -0.25) is 9.59 Å². The molecule has 2 heterocycles. The Bertz CT molecular complexity index is 787. The highest BCUT2D eigenvalue weighted by atomic mass is 32.1. The summed E-state index contributed by atoms with van der Waals surface area (Å²) in [5, 5.41) is 11.6. The van der Waals surface area contributed by atoms with Crippen molar-refractivity contribution in [2.24, 2.45) is 0 Å². The van der Waals surface area contributed by atoms with Crippen molar-refractivity contribution in [3.8, 4) is 0 Å². The fourth-order valence-electron chi connectivity index (χ4n) is 2.98. The predicted octanol–water partition coefficient (Wildman–Crippen LogP) is 3.44. The Morgan fingerprint density at radius 1 is 1.27 bits per heavy atom. The number of carbonyl (C=O) groups excluding carboxylic acids is 2. The molecule has 1 aromatic heterocycles. The number of benzene rings is 1. The molecule has 0 unspecified atom stereocenters. The molecule has 26 heavy (non-hydrogen) atoms. The standard InChI is InChI=1S/C18H21FN4O2S/c1-2-5-15(24)23-10-8-12(9-11-23)17-21-22-18(26-17)16(25)20-14-7-4-3-6-13(14)19/h3-4,6-7,12H,2,5,8-11H2,1H3,(H,20,25). The van der Waals surface area contributed by atoms with Crippen molar-refractivity contribution in [1.82, 2.24) is 15.1 Å². The van der Waals surface area contributed by atoms with Gasteiger partial charge in [-0.15, -0.1) is 10.2 Å². The number of anilines is 1. The highest BCUT2D eigenvalue weighted by molar-refractivity contribution is 7.13. The molecule has 1 N–H and O–H groups in total. The Morgan fingerprint density at radius 3 is 2.69 bits per heavy atom. The quantitative estimate of drug-likeness (QED) is 0.867. The third-order valence-corrected chi connectivity index (χ3v) is 5.50. The Balaban J connectivity index is 1.59. The molecule has 1 aliphatic rings. The SMILES string of the molecule is CCCC(=O)N1CCC(c2nnc(C(=O)Nc3ccccc3F)s2)CC1. The summed E-state index contributed by atoms with van der Waals surface area (Å²) in [7, 11) is 0. The van der Waals surface area contributed by atoms with Gasteiger partial charge in [-0.1, -0.05) is 30.4 Å². The summed E-state index contributed by atoms with van der Waals surface area (Å²) in [6.07, 6.45) is 3.08. The van der Waals surface area contributed by atoms with Crippen LogP contribution in [0.3, 0.4) is 0 Å². The molecule has 2 aromatic rings. The number of likely N-dealkylation sites (tertiary alicyclic amines) is 1. The second-order valence-corrected chi connectivity index (χ2v) is 7.29. The number of para-hydroxylation sites is 1. The smallest absolute Gasteiger partial charge is 0.286 e. The van der Waals surface area contributed by atoms with Crippen LogP contribution in [0.1, 0.15) is 53.3 Å². The van der Waals surface area contributed by atoms with Crippen LogP contribution >= 0.6 is 11.3 Å². The minimum absolute atomic E-state index is 0.122. The van der Waals surface area contributed by atoms with Crippen LogP contribution in [0.15, 0.2) is 24.3 Å². The molecule has 1 aromatic carbocycles. The van der Waals surface area contributed by atoms with Crippen molar-refractivity contribution in [2.45, 2.75) is 38.5 Å². The minimum Gasteiger partial charge on any atom is -0.343 e. The van der Waals surface area contributed by atoms with E-state index in [2.05, 4.69) is 15.5 Å². The van der Waals surface area contributed by atoms with E-state index >= 15 is 0 Å². The largest absolute Gasteiger partial charge is 0.343 e. The normalized spacial score (nSPS) is 15.1. The molecule has 6 nitrogen and oxygen atoms in total. The molecule has 8 heteroatoms. The summed E-state index contributed by atoms with van der Waals surface area (Å²) in [5.41, 5.74) is 0.122. The van der Waals surface area contributed by atoms with Gasteiger partial charge >= 0.3 is 0 Å². The fourth-order valence-corrected chi connectivity index (χ4v) is 3.88. The van der Waals surface area contributed by atoms with E-state index in [-0.39, 0.29) is 22.5 Å². The maximum Gasteiger partial charge on any atom is 0.286 e. The van der Waals surface area contributed by atoms with Crippen molar-refractivity contribution < 1.29 is 14.0 Å². The average Bonchev–Trinajstić information content (AvgIpc) is 3.14.